The maximum absolute atomic E-state index is 13.6. The topological polar surface area (TPSA) is 122 Å². The molecule has 3 aromatic carbocycles. The van der Waals surface area contributed by atoms with Gasteiger partial charge < -0.3 is 10.2 Å². The van der Waals surface area contributed by atoms with Crippen molar-refractivity contribution in [3.63, 3.8) is 0 Å². The number of nitrogens with one attached hydrogen (secondary N) is 1. The number of nitrogens with zero attached hydrogens (tertiary/aromatic N) is 2. The van der Waals surface area contributed by atoms with Crippen molar-refractivity contribution in [2.45, 2.75) is 11.4 Å². The van der Waals surface area contributed by atoms with Gasteiger partial charge in [-0.25, -0.2) is 18.5 Å². The number of benzene rings is 3. The van der Waals surface area contributed by atoms with E-state index in [4.69, 9.17) is 5.14 Å². The Morgan fingerprint density at radius 3 is 2.40 bits per heavy atom. The van der Waals surface area contributed by atoms with Crippen molar-refractivity contribution in [2.24, 2.45) is 10.1 Å². The first-order chi connectivity index (χ1) is 16.7. The minimum Gasteiger partial charge on any atom is -0.303 e. The Labute approximate surface area is 214 Å². The van der Waals surface area contributed by atoms with E-state index in [9.17, 15) is 18.0 Å². The number of amides is 2. The Morgan fingerprint density at radius 2 is 1.71 bits per heavy atom. The van der Waals surface area contributed by atoms with Gasteiger partial charge in [-0.3, -0.25) is 9.59 Å². The average Bonchev–Trinajstić information content (AvgIpc) is 3.30. The van der Waals surface area contributed by atoms with E-state index < -0.39 is 15.9 Å². The number of nitrogens with two attached hydrogens (primary N) is 1. The molecule has 0 radical (unpaired) electrons. The van der Waals surface area contributed by atoms with Crippen LogP contribution in [0.5, 0.6) is 0 Å². The van der Waals surface area contributed by atoms with Crippen LogP contribution in [0, 0.1) is 0 Å². The lowest BCUT2D eigenvalue weighted by Crippen LogP contribution is -2.26. The highest BCUT2D eigenvalue weighted by atomic mass is 79.9. The van der Waals surface area contributed by atoms with E-state index in [1.165, 1.54) is 24.3 Å². The number of sulfonamides is 1. The van der Waals surface area contributed by atoms with Gasteiger partial charge >= 0.3 is 0 Å². The number of fused-ring (bicyclic) bond motifs is 1. The number of aliphatic imine (C=N–C) groups is 1. The molecule has 8 nitrogen and oxygen atoms in total. The number of hydrogen-bond donors (Lipinski definition) is 2. The first kappa shape index (κ1) is 23.5. The molecule has 1 saturated heterocycles. The summed E-state index contributed by atoms with van der Waals surface area (Å²) in [6.45, 7) is 0.370. The fourth-order valence-electron chi connectivity index (χ4n) is 3.81. The molecule has 0 aliphatic carbocycles. The van der Waals surface area contributed by atoms with Crippen molar-refractivity contribution in [1.82, 2.24) is 5.32 Å². The lowest BCUT2D eigenvalue weighted by atomic mass is 10.1. The van der Waals surface area contributed by atoms with Crippen molar-refractivity contribution in [1.29, 1.82) is 0 Å². The fourth-order valence-corrected chi connectivity index (χ4v) is 5.62. The molecule has 0 aromatic heterocycles. The third-order valence-electron chi connectivity index (χ3n) is 5.41. The van der Waals surface area contributed by atoms with Gasteiger partial charge in [0.05, 0.1) is 33.3 Å². The summed E-state index contributed by atoms with van der Waals surface area (Å²) in [5.41, 5.74) is 3.10. The molecule has 0 spiro atoms. The van der Waals surface area contributed by atoms with E-state index in [1.807, 2.05) is 48.5 Å². The quantitative estimate of drug-likeness (QED) is 0.462. The van der Waals surface area contributed by atoms with Crippen LogP contribution in [0.15, 0.2) is 92.1 Å². The van der Waals surface area contributed by atoms with Gasteiger partial charge in [-0.1, -0.05) is 46.3 Å². The van der Waals surface area contributed by atoms with E-state index >= 15 is 0 Å². The summed E-state index contributed by atoms with van der Waals surface area (Å²) in [6.07, 6.45) is 0. The number of carbonyl (C=O) groups excluding carboxylic acids is 2. The highest BCUT2D eigenvalue weighted by Gasteiger charge is 2.39. The Bertz CT molecular complexity index is 1540. The van der Waals surface area contributed by atoms with Crippen LogP contribution in [0.4, 0.5) is 11.4 Å². The number of primary sulfonamides is 1. The van der Waals surface area contributed by atoms with Gasteiger partial charge in [-0.15, -0.1) is 0 Å². The van der Waals surface area contributed by atoms with Gasteiger partial charge in [0.1, 0.15) is 0 Å². The van der Waals surface area contributed by atoms with Crippen LogP contribution in [0.1, 0.15) is 11.1 Å². The van der Waals surface area contributed by atoms with Crippen molar-refractivity contribution < 1.29 is 18.0 Å². The van der Waals surface area contributed by atoms with Gasteiger partial charge in [0.15, 0.2) is 5.17 Å². The lowest BCUT2D eigenvalue weighted by molar-refractivity contribution is -0.116. The van der Waals surface area contributed by atoms with Gasteiger partial charge in [0.2, 0.25) is 10.0 Å². The van der Waals surface area contributed by atoms with Crippen LogP contribution in [0.25, 0.3) is 5.57 Å². The number of rotatable bonds is 4. The normalized spacial score (nSPS) is 18.8. The minimum atomic E-state index is -3.82. The minimum absolute atomic E-state index is 0.0374. The molecule has 0 bridgehead atoms. The highest BCUT2D eigenvalue weighted by Crippen LogP contribution is 2.44. The third-order valence-corrected chi connectivity index (χ3v) is 7.81. The van der Waals surface area contributed by atoms with Gasteiger partial charge in [-0.05, 0) is 59.8 Å². The largest absolute Gasteiger partial charge is 0.303 e. The summed E-state index contributed by atoms with van der Waals surface area (Å²) >= 11 is 4.53. The standard InChI is InChI=1S/C24H17BrN4O4S2/c25-15-6-11-19-18(12-15)20(23(31)29(19)13-14-4-2-1-3-5-14)21-22(30)28-24(34-21)27-16-7-9-17(10-8-16)35(26,32)33/h1-12H,13H2,(H2,26,32,33)(H,27,28,30)/b21-20-. The zero-order valence-electron chi connectivity index (χ0n) is 17.9. The Morgan fingerprint density at radius 1 is 1.00 bits per heavy atom. The fraction of sp³-hybridized carbons (Fsp3) is 0.0417. The summed E-state index contributed by atoms with van der Waals surface area (Å²) in [4.78, 5) is 32.7. The van der Waals surface area contributed by atoms with E-state index in [0.717, 1.165) is 27.5 Å². The van der Waals surface area contributed by atoms with Crippen LogP contribution in [0.2, 0.25) is 0 Å². The molecule has 11 heteroatoms. The van der Waals surface area contributed by atoms with E-state index in [-0.39, 0.29) is 20.9 Å². The second-order valence-electron chi connectivity index (χ2n) is 7.75. The number of hydrogen-bond acceptors (Lipinski definition) is 6. The summed E-state index contributed by atoms with van der Waals surface area (Å²) < 4.78 is 23.7. The van der Waals surface area contributed by atoms with Crippen molar-refractivity contribution in [3.8, 4) is 0 Å². The van der Waals surface area contributed by atoms with Gasteiger partial charge in [0, 0.05) is 10.0 Å². The van der Waals surface area contributed by atoms with Crippen LogP contribution in [-0.2, 0) is 26.2 Å². The molecule has 35 heavy (non-hydrogen) atoms. The zero-order valence-corrected chi connectivity index (χ0v) is 21.2. The van der Waals surface area contributed by atoms with Crippen LogP contribution < -0.4 is 15.4 Å². The summed E-state index contributed by atoms with van der Waals surface area (Å²) in [5.74, 6) is -0.691. The smallest absolute Gasteiger partial charge is 0.264 e. The Hall–Kier alpha value is -3.25. The second-order valence-corrected chi connectivity index (χ2v) is 11.2. The van der Waals surface area contributed by atoms with Crippen molar-refractivity contribution in [3.05, 3.63) is 93.3 Å². The zero-order chi connectivity index (χ0) is 24.7. The highest BCUT2D eigenvalue weighted by molar-refractivity contribution is 9.10. The van der Waals surface area contributed by atoms with E-state index in [1.54, 1.807) is 4.90 Å². The molecule has 0 unspecified atom stereocenters. The summed E-state index contributed by atoms with van der Waals surface area (Å²) in [5, 5.41) is 8.11. The predicted molar refractivity (Wildman–Crippen MR) is 139 cm³/mol. The molecule has 2 aliphatic rings. The third kappa shape index (κ3) is 4.67. The summed E-state index contributed by atoms with van der Waals surface area (Å²) in [7, 11) is -3.82. The number of thioether (sulfide) groups is 1. The maximum Gasteiger partial charge on any atom is 0.264 e. The van der Waals surface area contributed by atoms with Crippen LogP contribution >= 0.6 is 27.7 Å². The molecule has 1 fully saturated rings. The van der Waals surface area contributed by atoms with Crippen molar-refractivity contribution >= 4 is 71.6 Å². The maximum atomic E-state index is 13.6. The monoisotopic (exact) mass is 568 g/mol. The molecule has 5 rings (SSSR count). The molecule has 3 N–H and O–H groups in total. The molecule has 2 aliphatic heterocycles. The predicted octanol–water partition coefficient (Wildman–Crippen LogP) is 3.91. The van der Waals surface area contributed by atoms with Crippen LogP contribution in [0.3, 0.4) is 0 Å². The lowest BCUT2D eigenvalue weighted by Gasteiger charge is -2.17. The number of anilines is 1. The molecule has 0 saturated carbocycles. The Kier molecular flexibility index (Phi) is 6.09. The Balaban J connectivity index is 1.51. The molecule has 2 amide bonds. The van der Waals surface area contributed by atoms with E-state index in [2.05, 4.69) is 26.2 Å². The molecular formula is C24H17BrN4O4S2. The average molecular weight is 569 g/mol. The summed E-state index contributed by atoms with van der Waals surface area (Å²) in [6, 6.07) is 20.8. The van der Waals surface area contributed by atoms with Crippen LogP contribution in [-0.4, -0.2) is 25.4 Å². The number of halogens is 1. The molecule has 3 aromatic rings. The molecule has 176 valence electrons. The van der Waals surface area contributed by atoms with Crippen molar-refractivity contribution in [2.75, 3.05) is 4.90 Å². The first-order valence-electron chi connectivity index (χ1n) is 10.3. The molecule has 2 heterocycles. The molecular weight excluding hydrogens is 552 g/mol. The number of carbonyl (C=O) groups is 2. The van der Waals surface area contributed by atoms with Gasteiger partial charge in [0.25, 0.3) is 11.8 Å². The number of amidine groups is 1. The molecule has 0 atom stereocenters. The first-order valence-corrected chi connectivity index (χ1v) is 13.5. The van der Waals surface area contributed by atoms with Gasteiger partial charge in [-0.2, -0.15) is 0 Å². The van der Waals surface area contributed by atoms with E-state index in [0.29, 0.717) is 23.4 Å². The SMILES string of the molecule is NS(=O)(=O)c1ccc(N=C2NC(=O)/C(=C3/C(=O)N(Cc4ccccc4)c4ccc(Br)cc43)S2)cc1. The second kappa shape index (κ2) is 9.08.